The summed E-state index contributed by atoms with van der Waals surface area (Å²) in [6, 6.07) is 23.5. The Morgan fingerprint density at radius 1 is 0.880 bits per heavy atom. The van der Waals surface area contributed by atoms with Crippen LogP contribution < -0.4 is 0 Å². The zero-order valence-corrected chi connectivity index (χ0v) is 14.0. The van der Waals surface area contributed by atoms with Gasteiger partial charge in [0.25, 0.3) is 0 Å². The van der Waals surface area contributed by atoms with Crippen molar-refractivity contribution in [3.63, 3.8) is 0 Å². The molecule has 0 spiro atoms. The van der Waals surface area contributed by atoms with Crippen molar-refractivity contribution in [3.05, 3.63) is 84.4 Å². The van der Waals surface area contributed by atoms with Crippen molar-refractivity contribution in [1.82, 2.24) is 14.8 Å². The van der Waals surface area contributed by atoms with E-state index < -0.39 is 5.41 Å². The smallest absolute Gasteiger partial charge is 0.119 e. The van der Waals surface area contributed by atoms with Gasteiger partial charge in [-0.1, -0.05) is 60.7 Å². The first-order chi connectivity index (χ1) is 12.3. The first-order valence-electron chi connectivity index (χ1n) is 8.71. The van der Waals surface area contributed by atoms with Crippen molar-refractivity contribution in [1.29, 1.82) is 5.26 Å². The molecule has 1 fully saturated rings. The molecule has 0 radical (unpaired) electrons. The molecule has 4 nitrogen and oxygen atoms in total. The van der Waals surface area contributed by atoms with Crippen LogP contribution in [0.2, 0.25) is 0 Å². The number of rotatable bonds is 4. The maximum Gasteiger partial charge on any atom is 0.119 e. The van der Waals surface area contributed by atoms with Crippen LogP contribution >= 0.6 is 0 Å². The minimum Gasteiger partial charge on any atom is -0.317 e. The molecule has 124 valence electrons. The highest BCUT2D eigenvalue weighted by molar-refractivity contribution is 5.47. The Morgan fingerprint density at radius 2 is 1.44 bits per heavy atom. The lowest BCUT2D eigenvalue weighted by Crippen LogP contribution is -2.34. The maximum absolute atomic E-state index is 10.4. The molecule has 1 aliphatic rings. The normalized spacial score (nSPS) is 20.3. The Balaban J connectivity index is 1.78. The largest absolute Gasteiger partial charge is 0.317 e. The number of hydrogen-bond donors (Lipinski definition) is 0. The Labute approximate surface area is 147 Å². The number of nitrogens with zero attached hydrogens (tertiary/aromatic N) is 4. The van der Waals surface area contributed by atoms with Gasteiger partial charge in [-0.3, -0.25) is 0 Å². The second-order valence-electron chi connectivity index (χ2n) is 6.72. The van der Waals surface area contributed by atoms with Crippen molar-refractivity contribution in [2.45, 2.75) is 30.7 Å². The lowest BCUT2D eigenvalue weighted by molar-refractivity contribution is 0.381. The average Bonchev–Trinajstić information content (AvgIpc) is 3.37. The van der Waals surface area contributed by atoms with Crippen molar-refractivity contribution in [3.8, 4) is 6.07 Å². The monoisotopic (exact) mass is 328 g/mol. The van der Waals surface area contributed by atoms with Gasteiger partial charge in [0, 0.05) is 6.04 Å². The molecule has 0 bridgehead atoms. The highest BCUT2D eigenvalue weighted by Crippen LogP contribution is 2.49. The molecule has 1 aromatic heterocycles. The van der Waals surface area contributed by atoms with Gasteiger partial charge in [0.05, 0.1) is 6.07 Å². The first kappa shape index (κ1) is 15.6. The van der Waals surface area contributed by atoms with Gasteiger partial charge in [-0.2, -0.15) is 5.26 Å². The predicted molar refractivity (Wildman–Crippen MR) is 95.7 cm³/mol. The van der Waals surface area contributed by atoms with Crippen LogP contribution in [-0.4, -0.2) is 14.8 Å². The predicted octanol–water partition coefficient (Wildman–Crippen LogP) is 4.13. The second-order valence-corrected chi connectivity index (χ2v) is 6.72. The van der Waals surface area contributed by atoms with E-state index in [9.17, 15) is 5.26 Å². The summed E-state index contributed by atoms with van der Waals surface area (Å²) < 4.78 is 2.08. The number of hydrogen-bond acceptors (Lipinski definition) is 3. The van der Waals surface area contributed by atoms with Gasteiger partial charge in [-0.25, -0.2) is 0 Å². The van der Waals surface area contributed by atoms with Crippen molar-refractivity contribution in [2.24, 2.45) is 5.92 Å². The lowest BCUT2D eigenvalue weighted by atomic mass is 9.66. The van der Waals surface area contributed by atoms with E-state index in [0.717, 1.165) is 30.4 Å². The molecule has 4 heteroatoms. The van der Waals surface area contributed by atoms with Gasteiger partial charge in [0.1, 0.15) is 18.1 Å². The van der Waals surface area contributed by atoms with Crippen molar-refractivity contribution in [2.75, 3.05) is 0 Å². The fraction of sp³-hybridized carbons (Fsp3) is 0.286. The third kappa shape index (κ3) is 2.62. The van der Waals surface area contributed by atoms with Gasteiger partial charge in [0.15, 0.2) is 0 Å². The Kier molecular flexibility index (Phi) is 4.07. The summed E-state index contributed by atoms with van der Waals surface area (Å²) in [6.45, 7) is 0. The number of aromatic nitrogens is 3. The summed E-state index contributed by atoms with van der Waals surface area (Å²) in [6.07, 6.45) is 6.58. The molecule has 1 saturated carbocycles. The van der Waals surface area contributed by atoms with Gasteiger partial charge < -0.3 is 4.57 Å². The topological polar surface area (TPSA) is 54.5 Å². The number of benzene rings is 2. The highest BCUT2D eigenvalue weighted by Gasteiger charge is 2.46. The summed E-state index contributed by atoms with van der Waals surface area (Å²) >= 11 is 0. The summed E-state index contributed by atoms with van der Waals surface area (Å²) in [4.78, 5) is 0. The average molecular weight is 328 g/mol. The van der Waals surface area contributed by atoms with Gasteiger partial charge >= 0.3 is 0 Å². The summed E-state index contributed by atoms with van der Waals surface area (Å²) in [5.41, 5.74) is 1.54. The van der Waals surface area contributed by atoms with Crippen molar-refractivity contribution < 1.29 is 0 Å². The Morgan fingerprint density at radius 3 is 1.96 bits per heavy atom. The fourth-order valence-electron chi connectivity index (χ4n) is 4.28. The second kappa shape index (κ2) is 6.52. The zero-order valence-electron chi connectivity index (χ0n) is 14.0. The highest BCUT2D eigenvalue weighted by atomic mass is 15.2. The lowest BCUT2D eigenvalue weighted by Gasteiger charge is -2.34. The molecule has 25 heavy (non-hydrogen) atoms. The molecule has 0 unspecified atom stereocenters. The Bertz CT molecular complexity index is 810. The van der Waals surface area contributed by atoms with Crippen LogP contribution in [-0.2, 0) is 5.41 Å². The minimum absolute atomic E-state index is 0.259. The summed E-state index contributed by atoms with van der Waals surface area (Å²) in [7, 11) is 0. The molecular formula is C21H20N4. The minimum atomic E-state index is -0.620. The third-order valence-corrected chi connectivity index (χ3v) is 5.51. The SMILES string of the molecule is N#CC(c1ccccc1)(c1ccccc1)[C@@H]1CC[C@H](n2cnnc2)C1. The van der Waals surface area contributed by atoms with Crippen LogP contribution in [0.25, 0.3) is 0 Å². The molecule has 0 aliphatic heterocycles. The molecule has 2 aromatic carbocycles. The standard InChI is InChI=1S/C21H20N4/c22-14-21(17-7-3-1-4-8-17,18-9-5-2-6-10-18)19-11-12-20(13-19)25-15-23-24-16-25/h1-10,15-16,19-20H,11-13H2/t19-,20+/m1/s1. The first-order valence-corrected chi connectivity index (χ1v) is 8.71. The number of nitriles is 1. The van der Waals surface area contributed by atoms with Crippen LogP contribution in [0.3, 0.4) is 0 Å². The van der Waals surface area contributed by atoms with E-state index >= 15 is 0 Å². The van der Waals surface area contributed by atoms with Gasteiger partial charge in [-0.05, 0) is 36.3 Å². The van der Waals surface area contributed by atoms with E-state index in [-0.39, 0.29) is 5.92 Å². The van der Waals surface area contributed by atoms with E-state index in [0.29, 0.717) is 6.04 Å². The molecular weight excluding hydrogens is 308 g/mol. The molecule has 0 N–H and O–H groups in total. The summed E-state index contributed by atoms with van der Waals surface area (Å²) in [5, 5.41) is 18.3. The quantitative estimate of drug-likeness (QED) is 0.723. The van der Waals surface area contributed by atoms with E-state index in [1.54, 1.807) is 12.7 Å². The van der Waals surface area contributed by atoms with E-state index in [4.69, 9.17) is 0 Å². The van der Waals surface area contributed by atoms with E-state index in [1.165, 1.54) is 0 Å². The molecule has 2 atom stereocenters. The molecule has 1 heterocycles. The maximum atomic E-state index is 10.4. The third-order valence-electron chi connectivity index (χ3n) is 5.51. The van der Waals surface area contributed by atoms with Crippen molar-refractivity contribution >= 4 is 0 Å². The molecule has 0 saturated heterocycles. The zero-order chi connectivity index (χ0) is 17.1. The van der Waals surface area contributed by atoms with Gasteiger partial charge in [-0.15, -0.1) is 10.2 Å². The summed E-state index contributed by atoms with van der Waals surface area (Å²) in [5.74, 6) is 0.259. The van der Waals surface area contributed by atoms with E-state index in [1.807, 2.05) is 36.4 Å². The van der Waals surface area contributed by atoms with Crippen LogP contribution in [0, 0.1) is 17.2 Å². The fourth-order valence-corrected chi connectivity index (χ4v) is 4.28. The van der Waals surface area contributed by atoms with Gasteiger partial charge in [0.2, 0.25) is 0 Å². The molecule has 1 aliphatic carbocycles. The van der Waals surface area contributed by atoms with Crippen LogP contribution in [0.15, 0.2) is 73.3 Å². The van der Waals surface area contributed by atoms with E-state index in [2.05, 4.69) is 45.1 Å². The van der Waals surface area contributed by atoms with Crippen LogP contribution in [0.4, 0.5) is 0 Å². The van der Waals surface area contributed by atoms with Crippen LogP contribution in [0.5, 0.6) is 0 Å². The molecule has 0 amide bonds. The molecule has 3 aromatic rings. The van der Waals surface area contributed by atoms with Crippen LogP contribution in [0.1, 0.15) is 36.4 Å². The molecule has 4 rings (SSSR count). The Hall–Kier alpha value is -2.93.